The molecule has 110 valence electrons. The van der Waals surface area contributed by atoms with Gasteiger partial charge in [0.25, 0.3) is 5.91 Å². The van der Waals surface area contributed by atoms with E-state index in [-0.39, 0.29) is 11.9 Å². The van der Waals surface area contributed by atoms with Crippen molar-refractivity contribution in [2.45, 2.75) is 12.5 Å². The zero-order chi connectivity index (χ0) is 15.2. The van der Waals surface area contributed by atoms with Crippen molar-refractivity contribution < 1.29 is 14.3 Å². The van der Waals surface area contributed by atoms with Gasteiger partial charge >= 0.3 is 5.97 Å². The summed E-state index contributed by atoms with van der Waals surface area (Å²) in [6.07, 6.45) is 1.67. The second kappa shape index (κ2) is 6.69. The molecule has 1 heterocycles. The van der Waals surface area contributed by atoms with E-state index in [1.54, 1.807) is 24.0 Å². The highest BCUT2D eigenvalue weighted by molar-refractivity contribution is 5.91. The fourth-order valence-corrected chi connectivity index (χ4v) is 2.04. The number of methoxy groups -OCH3 is 1. The number of carbonyl (C=O) groups excluding carboxylic acids is 2. The summed E-state index contributed by atoms with van der Waals surface area (Å²) in [5, 5.41) is 6.67. The summed E-state index contributed by atoms with van der Waals surface area (Å²) in [5.41, 5.74) is 1.16. The largest absolute Gasteiger partial charge is 0.468 e. The third-order valence-electron chi connectivity index (χ3n) is 3.16. The number of nitrogens with one attached hydrogen (secondary N) is 1. The summed E-state index contributed by atoms with van der Waals surface area (Å²) < 4.78 is 6.42. The molecule has 0 spiro atoms. The monoisotopic (exact) mass is 287 g/mol. The van der Waals surface area contributed by atoms with Crippen molar-refractivity contribution in [3.05, 3.63) is 53.9 Å². The van der Waals surface area contributed by atoms with Crippen LogP contribution in [-0.4, -0.2) is 35.8 Å². The Balaban J connectivity index is 2.22. The van der Waals surface area contributed by atoms with Gasteiger partial charge in [-0.1, -0.05) is 30.3 Å². The van der Waals surface area contributed by atoms with Gasteiger partial charge in [0.2, 0.25) is 0 Å². The number of benzene rings is 1. The van der Waals surface area contributed by atoms with Crippen LogP contribution in [0, 0.1) is 0 Å². The van der Waals surface area contributed by atoms with Crippen LogP contribution in [0.3, 0.4) is 0 Å². The van der Waals surface area contributed by atoms with E-state index in [1.165, 1.54) is 7.11 Å². The lowest BCUT2D eigenvalue weighted by Crippen LogP contribution is -2.22. The van der Waals surface area contributed by atoms with Gasteiger partial charge in [0, 0.05) is 13.2 Å². The van der Waals surface area contributed by atoms with Gasteiger partial charge < -0.3 is 10.1 Å². The smallest absolute Gasteiger partial charge is 0.315 e. The Morgan fingerprint density at radius 2 is 2.00 bits per heavy atom. The molecule has 0 aliphatic rings. The van der Waals surface area contributed by atoms with Crippen molar-refractivity contribution in [3.63, 3.8) is 0 Å². The van der Waals surface area contributed by atoms with Crippen LogP contribution in [0.15, 0.2) is 42.6 Å². The Morgan fingerprint density at radius 3 is 2.62 bits per heavy atom. The first-order chi connectivity index (χ1) is 10.2. The van der Waals surface area contributed by atoms with Crippen LogP contribution < -0.4 is 5.32 Å². The molecule has 0 radical (unpaired) electrons. The summed E-state index contributed by atoms with van der Waals surface area (Å²) in [6.45, 7) is 0.313. The Labute approximate surface area is 122 Å². The first-order valence-electron chi connectivity index (χ1n) is 6.54. The third kappa shape index (κ3) is 3.47. The van der Waals surface area contributed by atoms with Crippen molar-refractivity contribution in [2.24, 2.45) is 0 Å². The van der Waals surface area contributed by atoms with E-state index in [1.807, 2.05) is 30.3 Å². The minimum atomic E-state index is -0.464. The van der Waals surface area contributed by atoms with E-state index in [4.69, 9.17) is 4.74 Å². The molecule has 0 bridgehead atoms. The normalized spacial score (nSPS) is 11.7. The maximum Gasteiger partial charge on any atom is 0.315 e. The number of hydrogen-bond acceptors (Lipinski definition) is 4. The fraction of sp³-hybridized carbons (Fsp3) is 0.267. The van der Waals surface area contributed by atoms with Crippen molar-refractivity contribution >= 4 is 11.9 Å². The maximum absolute atomic E-state index is 12.0. The number of nitrogens with zero attached hydrogens (tertiary/aromatic N) is 2. The standard InChI is InChI=1S/C15H17N3O3/c1-16-14(19)13-8-9-18(17-13)10-12(15(20)21-2)11-6-4-3-5-7-11/h3-9,12H,10H2,1-2H3,(H,16,19). The van der Waals surface area contributed by atoms with Gasteiger partial charge in [0.05, 0.1) is 13.7 Å². The zero-order valence-corrected chi connectivity index (χ0v) is 11.9. The van der Waals surface area contributed by atoms with Gasteiger partial charge in [-0.15, -0.1) is 0 Å². The van der Waals surface area contributed by atoms with E-state index in [0.717, 1.165) is 5.56 Å². The second-order valence-electron chi connectivity index (χ2n) is 4.49. The topological polar surface area (TPSA) is 73.2 Å². The molecule has 1 atom stereocenters. The quantitative estimate of drug-likeness (QED) is 0.839. The van der Waals surface area contributed by atoms with Crippen LogP contribution >= 0.6 is 0 Å². The predicted molar refractivity (Wildman–Crippen MR) is 76.8 cm³/mol. The molecular formula is C15H17N3O3. The molecule has 1 aromatic heterocycles. The van der Waals surface area contributed by atoms with Gasteiger partial charge in [-0.2, -0.15) is 5.10 Å². The summed E-state index contributed by atoms with van der Waals surface area (Å²) in [7, 11) is 2.90. The lowest BCUT2D eigenvalue weighted by Gasteiger charge is -2.15. The molecule has 2 rings (SSSR count). The van der Waals surface area contributed by atoms with Gasteiger partial charge in [-0.05, 0) is 11.6 Å². The van der Waals surface area contributed by atoms with Gasteiger partial charge in [-0.25, -0.2) is 0 Å². The van der Waals surface area contributed by atoms with Crippen LogP contribution in [0.5, 0.6) is 0 Å². The van der Waals surface area contributed by atoms with Gasteiger partial charge in [0.15, 0.2) is 0 Å². The number of ether oxygens (including phenoxy) is 1. The maximum atomic E-state index is 12.0. The van der Waals surface area contributed by atoms with E-state index >= 15 is 0 Å². The third-order valence-corrected chi connectivity index (χ3v) is 3.16. The molecular weight excluding hydrogens is 270 g/mol. The van der Waals surface area contributed by atoms with Crippen LogP contribution in [0.25, 0.3) is 0 Å². The first kappa shape index (κ1) is 14.8. The van der Waals surface area contributed by atoms with Crippen LogP contribution in [0.4, 0.5) is 0 Å². The number of aromatic nitrogens is 2. The first-order valence-corrected chi connectivity index (χ1v) is 6.54. The summed E-state index contributed by atoms with van der Waals surface area (Å²) in [4.78, 5) is 23.5. The Kier molecular flexibility index (Phi) is 4.71. The molecule has 0 fully saturated rings. The second-order valence-corrected chi connectivity index (χ2v) is 4.49. The lowest BCUT2D eigenvalue weighted by atomic mass is 9.99. The Hall–Kier alpha value is -2.63. The SMILES string of the molecule is CNC(=O)c1ccn(CC(C(=O)OC)c2ccccc2)n1. The minimum Gasteiger partial charge on any atom is -0.468 e. The highest BCUT2D eigenvalue weighted by Gasteiger charge is 2.22. The van der Waals surface area contributed by atoms with E-state index < -0.39 is 5.92 Å². The summed E-state index contributed by atoms with van der Waals surface area (Å²) in [6, 6.07) is 11.0. The summed E-state index contributed by atoms with van der Waals surface area (Å²) >= 11 is 0. The molecule has 0 saturated carbocycles. The predicted octanol–water partition coefficient (Wildman–Crippen LogP) is 1.20. The van der Waals surface area contributed by atoms with Gasteiger partial charge in [-0.3, -0.25) is 14.3 Å². The molecule has 6 heteroatoms. The molecule has 1 aromatic carbocycles. The minimum absolute atomic E-state index is 0.261. The molecule has 2 aromatic rings. The van der Waals surface area contributed by atoms with Crippen molar-refractivity contribution in [1.29, 1.82) is 0 Å². The van der Waals surface area contributed by atoms with E-state index in [2.05, 4.69) is 10.4 Å². The molecule has 0 aliphatic carbocycles. The number of carbonyl (C=O) groups is 2. The zero-order valence-electron chi connectivity index (χ0n) is 11.9. The Morgan fingerprint density at radius 1 is 1.29 bits per heavy atom. The molecule has 1 unspecified atom stereocenters. The number of esters is 1. The fourth-order valence-electron chi connectivity index (χ4n) is 2.04. The molecule has 1 N–H and O–H groups in total. The average molecular weight is 287 g/mol. The number of amides is 1. The van der Waals surface area contributed by atoms with Crippen molar-refractivity contribution in [1.82, 2.24) is 15.1 Å². The molecule has 1 amide bonds. The van der Waals surface area contributed by atoms with Crippen LogP contribution in [-0.2, 0) is 16.1 Å². The number of rotatable bonds is 5. The van der Waals surface area contributed by atoms with E-state index in [0.29, 0.717) is 12.2 Å². The molecule has 0 saturated heterocycles. The summed E-state index contributed by atoms with van der Waals surface area (Å²) in [5.74, 6) is -1.06. The van der Waals surface area contributed by atoms with Gasteiger partial charge in [0.1, 0.15) is 11.6 Å². The molecule has 0 aliphatic heterocycles. The molecule has 6 nitrogen and oxygen atoms in total. The highest BCUT2D eigenvalue weighted by atomic mass is 16.5. The lowest BCUT2D eigenvalue weighted by molar-refractivity contribution is -0.142. The van der Waals surface area contributed by atoms with Crippen molar-refractivity contribution in [2.75, 3.05) is 14.2 Å². The number of hydrogen-bond donors (Lipinski definition) is 1. The molecule has 21 heavy (non-hydrogen) atoms. The van der Waals surface area contributed by atoms with Crippen molar-refractivity contribution in [3.8, 4) is 0 Å². The van der Waals surface area contributed by atoms with Crippen LogP contribution in [0.1, 0.15) is 22.0 Å². The average Bonchev–Trinajstić information content (AvgIpc) is 3.00. The van der Waals surface area contributed by atoms with E-state index in [9.17, 15) is 9.59 Å². The highest BCUT2D eigenvalue weighted by Crippen LogP contribution is 2.19. The Bertz CT molecular complexity index is 622. The van der Waals surface area contributed by atoms with Crippen LogP contribution in [0.2, 0.25) is 0 Å².